The Morgan fingerprint density at radius 1 is 0.862 bits per heavy atom. The van der Waals surface area contributed by atoms with E-state index >= 15 is 0 Å². The number of carbonyl (C=O) groups is 1. The van der Waals surface area contributed by atoms with Gasteiger partial charge >= 0.3 is 6.03 Å². The Kier molecular flexibility index (Phi) is 4.02. The van der Waals surface area contributed by atoms with Crippen molar-refractivity contribution >= 4 is 28.3 Å². The first-order chi connectivity index (χ1) is 14.2. The van der Waals surface area contributed by atoms with Crippen LogP contribution in [0.4, 0.5) is 4.79 Å². The molecule has 29 heavy (non-hydrogen) atoms. The Balaban J connectivity index is 1.76. The van der Waals surface area contributed by atoms with Crippen LogP contribution >= 0.6 is 0 Å². The van der Waals surface area contributed by atoms with Crippen molar-refractivity contribution in [1.82, 2.24) is 20.6 Å². The van der Waals surface area contributed by atoms with Crippen molar-refractivity contribution in [3.8, 4) is 5.75 Å². The van der Waals surface area contributed by atoms with Gasteiger partial charge in [0.25, 0.3) is 0 Å². The second kappa shape index (κ2) is 6.83. The fourth-order valence-corrected chi connectivity index (χ4v) is 3.65. The molecule has 1 aromatic heterocycles. The summed E-state index contributed by atoms with van der Waals surface area (Å²) in [6, 6.07) is 23.6. The molecule has 0 bridgehead atoms. The number of imidazole rings is 1. The zero-order valence-electron chi connectivity index (χ0n) is 15.4. The van der Waals surface area contributed by atoms with Crippen molar-refractivity contribution in [2.75, 3.05) is 0 Å². The quantitative estimate of drug-likeness (QED) is 0.428. The average Bonchev–Trinajstić information content (AvgIpc) is 3.18. The summed E-state index contributed by atoms with van der Waals surface area (Å²) < 4.78 is 0. The van der Waals surface area contributed by atoms with Crippen molar-refractivity contribution in [3.05, 3.63) is 95.8 Å². The van der Waals surface area contributed by atoms with Crippen LogP contribution in [0.15, 0.2) is 78.9 Å². The van der Waals surface area contributed by atoms with Gasteiger partial charge in [-0.25, -0.2) is 9.78 Å². The van der Waals surface area contributed by atoms with E-state index in [2.05, 4.69) is 15.6 Å². The molecule has 0 spiro atoms. The van der Waals surface area contributed by atoms with E-state index < -0.39 is 6.04 Å². The van der Waals surface area contributed by atoms with Crippen molar-refractivity contribution in [2.45, 2.75) is 6.04 Å². The average molecular weight is 382 g/mol. The Morgan fingerprint density at radius 2 is 1.59 bits per heavy atom. The molecule has 2 amide bonds. The molecule has 3 aromatic carbocycles. The van der Waals surface area contributed by atoms with E-state index in [1.165, 1.54) is 0 Å². The summed E-state index contributed by atoms with van der Waals surface area (Å²) in [5.41, 5.74) is 5.04. The summed E-state index contributed by atoms with van der Waals surface area (Å²) in [4.78, 5) is 20.7. The molecule has 0 unspecified atom stereocenters. The largest absolute Gasteiger partial charge is 0.508 e. The van der Waals surface area contributed by atoms with Gasteiger partial charge in [0.1, 0.15) is 11.6 Å². The van der Waals surface area contributed by atoms with Gasteiger partial charge in [-0.1, -0.05) is 54.6 Å². The normalized spacial score (nSPS) is 16.6. The molecule has 1 atom stereocenters. The van der Waals surface area contributed by atoms with Crippen LogP contribution < -0.4 is 10.6 Å². The molecule has 0 radical (unpaired) electrons. The molecule has 1 aliphatic heterocycles. The third-order valence-corrected chi connectivity index (χ3v) is 5.01. The number of carbonyl (C=O) groups excluding carboxylic acids is 1. The highest BCUT2D eigenvalue weighted by atomic mass is 16.3. The molecule has 142 valence electrons. The summed E-state index contributed by atoms with van der Waals surface area (Å²) in [5, 5.41) is 15.6. The molecular weight excluding hydrogens is 364 g/mol. The Bertz CT molecular complexity index is 1190. The second-order valence-corrected chi connectivity index (χ2v) is 6.88. The number of fused-ring (bicyclic) bond motifs is 1. The zero-order chi connectivity index (χ0) is 19.8. The predicted octanol–water partition coefficient (Wildman–Crippen LogP) is 4.19. The van der Waals surface area contributed by atoms with Crippen LogP contribution in [-0.4, -0.2) is 21.1 Å². The van der Waals surface area contributed by atoms with Crippen LogP contribution in [0.2, 0.25) is 0 Å². The maximum absolute atomic E-state index is 12.5. The van der Waals surface area contributed by atoms with Crippen molar-refractivity contribution < 1.29 is 9.90 Å². The number of rotatable bonds is 3. The highest BCUT2D eigenvalue weighted by molar-refractivity contribution is 6.02. The lowest BCUT2D eigenvalue weighted by atomic mass is 9.92. The first-order valence-corrected chi connectivity index (χ1v) is 9.30. The molecule has 5 rings (SSSR count). The zero-order valence-corrected chi connectivity index (χ0v) is 15.4. The van der Waals surface area contributed by atoms with Crippen LogP contribution in [-0.2, 0) is 0 Å². The van der Waals surface area contributed by atoms with Gasteiger partial charge < -0.3 is 20.7 Å². The van der Waals surface area contributed by atoms with Gasteiger partial charge in [0.05, 0.1) is 22.8 Å². The predicted molar refractivity (Wildman–Crippen MR) is 112 cm³/mol. The number of hydrogen-bond donors (Lipinski definition) is 4. The van der Waals surface area contributed by atoms with E-state index in [4.69, 9.17) is 4.98 Å². The van der Waals surface area contributed by atoms with E-state index in [9.17, 15) is 9.90 Å². The van der Waals surface area contributed by atoms with Crippen LogP contribution in [0.25, 0.3) is 22.3 Å². The number of urea groups is 1. The summed E-state index contributed by atoms with van der Waals surface area (Å²) in [7, 11) is 0. The number of benzene rings is 3. The monoisotopic (exact) mass is 382 g/mol. The minimum Gasteiger partial charge on any atom is -0.508 e. The second-order valence-electron chi connectivity index (χ2n) is 6.88. The van der Waals surface area contributed by atoms with E-state index in [1.54, 1.807) is 24.3 Å². The first-order valence-electron chi connectivity index (χ1n) is 9.30. The molecule has 0 saturated carbocycles. The molecular formula is C23H18N4O2. The molecule has 1 aliphatic rings. The third kappa shape index (κ3) is 3.10. The lowest BCUT2D eigenvalue weighted by Crippen LogP contribution is -2.43. The minimum absolute atomic E-state index is 0.173. The number of nitrogens with zero attached hydrogens (tertiary/aromatic N) is 1. The van der Waals surface area contributed by atoms with Crippen molar-refractivity contribution in [3.63, 3.8) is 0 Å². The molecule has 4 aromatic rings. The summed E-state index contributed by atoms with van der Waals surface area (Å²) in [6.45, 7) is 0. The molecule has 6 nitrogen and oxygen atoms in total. The van der Waals surface area contributed by atoms with Gasteiger partial charge in [0.15, 0.2) is 0 Å². The maximum Gasteiger partial charge on any atom is 0.320 e. The minimum atomic E-state index is -0.430. The highest BCUT2D eigenvalue weighted by Crippen LogP contribution is 2.37. The fraction of sp³-hybridized carbons (Fsp3) is 0.0435. The van der Waals surface area contributed by atoms with Crippen molar-refractivity contribution in [1.29, 1.82) is 0 Å². The maximum atomic E-state index is 12.5. The smallest absolute Gasteiger partial charge is 0.320 e. The number of hydrogen-bond acceptors (Lipinski definition) is 3. The van der Waals surface area contributed by atoms with E-state index in [0.717, 1.165) is 27.7 Å². The van der Waals surface area contributed by atoms with Crippen LogP contribution in [0.5, 0.6) is 5.75 Å². The van der Waals surface area contributed by atoms with E-state index in [1.807, 2.05) is 54.6 Å². The van der Waals surface area contributed by atoms with Crippen LogP contribution in [0, 0.1) is 0 Å². The Hall–Kier alpha value is -4.06. The van der Waals surface area contributed by atoms with Crippen LogP contribution in [0.1, 0.15) is 23.0 Å². The van der Waals surface area contributed by atoms with Crippen LogP contribution in [0.3, 0.4) is 0 Å². The molecule has 0 saturated heterocycles. The van der Waals surface area contributed by atoms with Gasteiger partial charge in [-0.3, -0.25) is 0 Å². The third-order valence-electron chi connectivity index (χ3n) is 5.01. The van der Waals surface area contributed by atoms with E-state index in [0.29, 0.717) is 11.5 Å². The van der Waals surface area contributed by atoms with Gasteiger partial charge in [-0.05, 0) is 35.4 Å². The van der Waals surface area contributed by atoms with Crippen molar-refractivity contribution in [2.24, 2.45) is 0 Å². The van der Waals surface area contributed by atoms with Gasteiger partial charge in [0, 0.05) is 5.57 Å². The summed E-state index contributed by atoms with van der Waals surface area (Å²) in [5.74, 6) is 0.849. The van der Waals surface area contributed by atoms with Gasteiger partial charge in [-0.2, -0.15) is 0 Å². The number of para-hydroxylation sites is 2. The number of phenols is 1. The standard InChI is InChI=1S/C23H18N4O2/c28-16-12-10-15(11-13-16)21-19(22-24-17-8-4-5-9-18(17)25-22)20(26-23(29)27-21)14-6-2-1-3-7-14/h1-13,21,28H,(H,24,25)(H2,26,27,29)/t21-/m1/s1. The fourth-order valence-electron chi connectivity index (χ4n) is 3.65. The Morgan fingerprint density at radius 3 is 2.34 bits per heavy atom. The number of aromatic nitrogens is 2. The number of nitrogens with one attached hydrogen (secondary N) is 3. The van der Waals surface area contributed by atoms with E-state index in [-0.39, 0.29) is 11.8 Å². The molecule has 0 fully saturated rings. The number of H-pyrrole nitrogens is 1. The highest BCUT2D eigenvalue weighted by Gasteiger charge is 2.31. The topological polar surface area (TPSA) is 90.0 Å². The summed E-state index contributed by atoms with van der Waals surface area (Å²) in [6.07, 6.45) is 0. The number of aromatic amines is 1. The first kappa shape index (κ1) is 17.1. The van der Waals surface area contributed by atoms with Gasteiger partial charge in [-0.15, -0.1) is 0 Å². The number of phenolic OH excluding ortho intramolecular Hbond substituents is 1. The lowest BCUT2D eigenvalue weighted by Gasteiger charge is -2.30. The Labute approximate surface area is 166 Å². The molecule has 4 N–H and O–H groups in total. The molecule has 6 heteroatoms. The molecule has 2 heterocycles. The summed E-state index contributed by atoms with van der Waals surface area (Å²) >= 11 is 0. The lowest BCUT2D eigenvalue weighted by molar-refractivity contribution is 0.242. The van der Waals surface area contributed by atoms with Gasteiger partial charge in [0.2, 0.25) is 0 Å². The SMILES string of the molecule is O=C1NC(c2ccccc2)=C(c2nc3ccccc3[nH]2)[C@@H](c2ccc(O)cc2)N1. The molecule has 0 aliphatic carbocycles. The number of amides is 2. The number of aromatic hydroxyl groups is 1.